The molecule has 2 aromatic rings. The third-order valence-corrected chi connectivity index (χ3v) is 3.69. The van der Waals surface area contributed by atoms with Gasteiger partial charge in [0.1, 0.15) is 17.2 Å². The first-order valence-electron chi connectivity index (χ1n) is 8.33. The molecule has 0 radical (unpaired) electrons. The van der Waals surface area contributed by atoms with Gasteiger partial charge in [0.25, 0.3) is 0 Å². The highest BCUT2D eigenvalue weighted by atomic mass is 16.5. The number of aliphatic hydroxyl groups is 1. The van der Waals surface area contributed by atoms with E-state index in [4.69, 9.17) is 9.47 Å². The number of rotatable bonds is 8. The number of nitrogens with one attached hydrogen (secondary N) is 1. The zero-order valence-electron chi connectivity index (χ0n) is 14.6. The van der Waals surface area contributed by atoms with Crippen LogP contribution in [0.5, 0.6) is 17.2 Å². The van der Waals surface area contributed by atoms with E-state index < -0.39 is 18.4 Å². The number of nitrogens with zero attached hydrogens (tertiary/aromatic N) is 2. The summed E-state index contributed by atoms with van der Waals surface area (Å²) in [5.41, 5.74) is 0. The fraction of sp³-hybridized carbons (Fsp3) is 0.211. The minimum atomic E-state index is -0.831. The quantitative estimate of drug-likeness (QED) is 0.473. The van der Waals surface area contributed by atoms with E-state index in [2.05, 4.69) is 15.3 Å². The van der Waals surface area contributed by atoms with E-state index in [0.717, 1.165) is 0 Å². The fourth-order valence-corrected chi connectivity index (χ4v) is 2.39. The number of phenols is 1. The molecule has 0 spiro atoms. The Labute approximate surface area is 155 Å². The van der Waals surface area contributed by atoms with Crippen molar-refractivity contribution >= 4 is 6.03 Å². The molecule has 1 heterocycles. The van der Waals surface area contributed by atoms with E-state index in [1.54, 1.807) is 49.4 Å². The zero-order chi connectivity index (χ0) is 19.2. The van der Waals surface area contributed by atoms with Crippen LogP contribution >= 0.6 is 0 Å². The molecule has 2 unspecified atom stereocenters. The van der Waals surface area contributed by atoms with Crippen LogP contribution in [0.3, 0.4) is 0 Å². The number of fused-ring (bicyclic) bond motifs is 1. The maximum absolute atomic E-state index is 11.4. The average molecular weight is 369 g/mol. The van der Waals surface area contributed by atoms with Crippen molar-refractivity contribution in [1.29, 1.82) is 0 Å². The predicted octanol–water partition coefficient (Wildman–Crippen LogP) is 1.03. The Hall–Kier alpha value is -3.23. The van der Waals surface area contributed by atoms with Gasteiger partial charge in [-0.1, -0.05) is 18.2 Å². The highest BCUT2D eigenvalue weighted by molar-refractivity contribution is 5.77. The summed E-state index contributed by atoms with van der Waals surface area (Å²) in [6.45, 7) is 1.91. The molecule has 8 heteroatoms. The van der Waals surface area contributed by atoms with Gasteiger partial charge in [-0.3, -0.25) is 5.32 Å². The molecule has 8 nitrogen and oxygen atoms in total. The molecule has 2 atom stereocenters. The SMILES string of the molecule is CC(O)C(NC/C=C/Oc1ccccc1O)Oc1cccc2c1=NC(=O)N=2. The van der Waals surface area contributed by atoms with E-state index in [1.807, 2.05) is 0 Å². The normalized spacial score (nSPS) is 15.0. The van der Waals surface area contributed by atoms with Crippen molar-refractivity contribution < 1.29 is 24.5 Å². The lowest BCUT2D eigenvalue weighted by atomic mass is 10.3. The molecule has 1 aliphatic rings. The van der Waals surface area contributed by atoms with Crippen LogP contribution in [-0.2, 0) is 0 Å². The number of aromatic hydroxyl groups is 1. The van der Waals surface area contributed by atoms with Crippen molar-refractivity contribution in [3.63, 3.8) is 0 Å². The van der Waals surface area contributed by atoms with E-state index in [0.29, 0.717) is 28.8 Å². The summed E-state index contributed by atoms with van der Waals surface area (Å²) >= 11 is 0. The first kappa shape index (κ1) is 18.6. The molecule has 1 aliphatic heterocycles. The van der Waals surface area contributed by atoms with Gasteiger partial charge in [0.05, 0.1) is 11.6 Å². The van der Waals surface area contributed by atoms with E-state index >= 15 is 0 Å². The summed E-state index contributed by atoms with van der Waals surface area (Å²) < 4.78 is 11.1. The second-order valence-corrected chi connectivity index (χ2v) is 5.77. The molecule has 2 amide bonds. The number of hydrogen-bond donors (Lipinski definition) is 3. The molecule has 140 valence electrons. The number of benzene rings is 2. The van der Waals surface area contributed by atoms with Gasteiger partial charge in [-0.05, 0) is 37.3 Å². The van der Waals surface area contributed by atoms with Gasteiger partial charge in [-0.2, -0.15) is 9.98 Å². The number of hydrogen-bond acceptors (Lipinski definition) is 6. The molecular formula is C19H19N3O5. The minimum absolute atomic E-state index is 0.0435. The molecule has 2 aromatic carbocycles. The summed E-state index contributed by atoms with van der Waals surface area (Å²) in [7, 11) is 0. The van der Waals surface area contributed by atoms with Crippen LogP contribution in [0, 0.1) is 0 Å². The molecule has 0 saturated heterocycles. The van der Waals surface area contributed by atoms with Crippen molar-refractivity contribution in [2.24, 2.45) is 9.98 Å². The number of ether oxygens (including phenoxy) is 2. The van der Waals surface area contributed by atoms with E-state index in [1.165, 1.54) is 12.3 Å². The number of carbonyl (C=O) groups is 1. The highest BCUT2D eigenvalue weighted by Gasteiger charge is 2.18. The topological polar surface area (TPSA) is 113 Å². The Morgan fingerprint density at radius 3 is 2.70 bits per heavy atom. The predicted molar refractivity (Wildman–Crippen MR) is 96.1 cm³/mol. The maximum atomic E-state index is 11.4. The first-order chi connectivity index (χ1) is 13.0. The van der Waals surface area contributed by atoms with Gasteiger partial charge >= 0.3 is 6.03 Å². The van der Waals surface area contributed by atoms with Crippen molar-refractivity contribution in [2.75, 3.05) is 6.54 Å². The van der Waals surface area contributed by atoms with Gasteiger partial charge < -0.3 is 19.7 Å². The lowest BCUT2D eigenvalue weighted by molar-refractivity contribution is 0.0284. The van der Waals surface area contributed by atoms with E-state index in [-0.39, 0.29) is 5.75 Å². The van der Waals surface area contributed by atoms with Crippen LogP contribution in [0.15, 0.2) is 64.8 Å². The second kappa shape index (κ2) is 8.43. The monoisotopic (exact) mass is 369 g/mol. The van der Waals surface area contributed by atoms with Gasteiger partial charge in [-0.15, -0.1) is 0 Å². The Bertz CT molecular complexity index is 972. The molecule has 3 rings (SSSR count). The summed E-state index contributed by atoms with van der Waals surface area (Å²) in [5.74, 6) is 0.740. The van der Waals surface area contributed by atoms with Gasteiger partial charge in [-0.25, -0.2) is 4.79 Å². The summed E-state index contributed by atoms with van der Waals surface area (Å²) in [5, 5.41) is 23.4. The van der Waals surface area contributed by atoms with Gasteiger partial charge in [0.2, 0.25) is 0 Å². The number of amides is 2. The van der Waals surface area contributed by atoms with Gasteiger partial charge in [0.15, 0.2) is 17.7 Å². The minimum Gasteiger partial charge on any atom is -0.504 e. The van der Waals surface area contributed by atoms with Crippen molar-refractivity contribution in [3.05, 3.63) is 65.5 Å². The Morgan fingerprint density at radius 1 is 1.15 bits per heavy atom. The van der Waals surface area contributed by atoms with Crippen LogP contribution in [0.1, 0.15) is 6.92 Å². The third kappa shape index (κ3) is 4.69. The van der Waals surface area contributed by atoms with Crippen LogP contribution in [0.25, 0.3) is 0 Å². The Morgan fingerprint density at radius 2 is 1.93 bits per heavy atom. The summed E-state index contributed by atoms with van der Waals surface area (Å²) in [4.78, 5) is 19.0. The van der Waals surface area contributed by atoms with Crippen molar-refractivity contribution in [1.82, 2.24) is 5.32 Å². The smallest absolute Gasteiger partial charge is 0.368 e. The van der Waals surface area contributed by atoms with Crippen LogP contribution in [-0.4, -0.2) is 35.1 Å². The van der Waals surface area contributed by atoms with Crippen molar-refractivity contribution in [3.8, 4) is 17.2 Å². The molecule has 0 bridgehead atoms. The summed E-state index contributed by atoms with van der Waals surface area (Å²) in [6, 6.07) is 11.1. The van der Waals surface area contributed by atoms with E-state index in [9.17, 15) is 15.0 Å². The van der Waals surface area contributed by atoms with Crippen LogP contribution < -0.4 is 25.5 Å². The number of para-hydroxylation sites is 3. The molecule has 3 N–H and O–H groups in total. The number of phenolic OH excluding ortho intramolecular Hbond substituents is 1. The zero-order valence-corrected chi connectivity index (χ0v) is 14.6. The Balaban J connectivity index is 1.60. The molecular weight excluding hydrogens is 350 g/mol. The van der Waals surface area contributed by atoms with Crippen molar-refractivity contribution in [2.45, 2.75) is 19.3 Å². The number of carbonyl (C=O) groups excluding carboxylic acids is 1. The lowest BCUT2D eigenvalue weighted by Crippen LogP contribution is -2.44. The first-order valence-corrected chi connectivity index (χ1v) is 8.33. The second-order valence-electron chi connectivity index (χ2n) is 5.77. The van der Waals surface area contributed by atoms with Crippen LogP contribution in [0.4, 0.5) is 4.79 Å². The van der Waals surface area contributed by atoms with Gasteiger partial charge in [0, 0.05) is 6.54 Å². The maximum Gasteiger partial charge on any atom is 0.368 e. The fourth-order valence-electron chi connectivity index (χ4n) is 2.39. The largest absolute Gasteiger partial charge is 0.504 e. The standard InChI is InChI=1S/C19H19N3O5/c1-12(23)18(20-10-5-11-26-15-8-3-2-7-14(15)24)27-16-9-4-6-13-17(16)22-19(25)21-13/h2-9,11-12,18,20,23-24H,10H2,1H3/b11-5+. The summed E-state index contributed by atoms with van der Waals surface area (Å²) in [6.07, 6.45) is 1.53. The number of urea groups is 1. The Kier molecular flexibility index (Phi) is 5.80. The molecule has 0 aromatic heterocycles. The molecule has 0 saturated carbocycles. The average Bonchev–Trinajstić information content (AvgIpc) is 3.02. The molecule has 27 heavy (non-hydrogen) atoms. The third-order valence-electron chi connectivity index (χ3n) is 3.69. The molecule has 0 aliphatic carbocycles. The highest BCUT2D eigenvalue weighted by Crippen LogP contribution is 2.24. The van der Waals surface area contributed by atoms with Crippen LogP contribution in [0.2, 0.25) is 0 Å². The lowest BCUT2D eigenvalue weighted by Gasteiger charge is -2.22. The molecule has 0 fully saturated rings. The number of aliphatic hydroxyl groups excluding tert-OH is 1.